The molecule has 1 aromatic carbocycles. The zero-order valence-electron chi connectivity index (χ0n) is 11.3. The molecule has 0 aromatic heterocycles. The van der Waals surface area contributed by atoms with Gasteiger partial charge >= 0.3 is 0 Å². The Morgan fingerprint density at radius 3 is 2.29 bits per heavy atom. The maximum atomic E-state index is 9.86. The number of aryl methyl sites for hydroxylation is 1. The zero-order valence-corrected chi connectivity index (χ0v) is 11.3. The summed E-state index contributed by atoms with van der Waals surface area (Å²) in [6, 6.07) is 10.7. The summed E-state index contributed by atoms with van der Waals surface area (Å²) in [5.74, 6) is 0. The van der Waals surface area contributed by atoms with Crippen LogP contribution in [0.25, 0.3) is 0 Å². The minimum atomic E-state index is -0.445. The standard InChI is InChI=1S/C16H26O/c1-3-16(2,17)14-10-5-4-7-11-15-12-8-6-9-13-15/h6,8-9,12-13,17H,3-5,7,10-11,14H2,1-2H3. The molecule has 1 unspecified atom stereocenters. The largest absolute Gasteiger partial charge is 0.390 e. The lowest BCUT2D eigenvalue weighted by Crippen LogP contribution is -2.22. The lowest BCUT2D eigenvalue weighted by molar-refractivity contribution is 0.0442. The molecular formula is C16H26O. The van der Waals surface area contributed by atoms with Crippen molar-refractivity contribution in [3.63, 3.8) is 0 Å². The Bertz CT molecular complexity index is 290. The number of unbranched alkanes of at least 4 members (excludes halogenated alkanes) is 3. The van der Waals surface area contributed by atoms with Crippen LogP contribution in [0.3, 0.4) is 0 Å². The molecule has 0 bridgehead atoms. The molecule has 0 saturated carbocycles. The van der Waals surface area contributed by atoms with Crippen molar-refractivity contribution in [3.05, 3.63) is 35.9 Å². The van der Waals surface area contributed by atoms with E-state index >= 15 is 0 Å². The minimum Gasteiger partial charge on any atom is -0.390 e. The van der Waals surface area contributed by atoms with Crippen LogP contribution in [-0.4, -0.2) is 10.7 Å². The highest BCUT2D eigenvalue weighted by Gasteiger charge is 2.15. The van der Waals surface area contributed by atoms with E-state index in [2.05, 4.69) is 37.3 Å². The Hall–Kier alpha value is -0.820. The summed E-state index contributed by atoms with van der Waals surface area (Å²) in [5.41, 5.74) is 0.993. The van der Waals surface area contributed by atoms with E-state index < -0.39 is 5.60 Å². The van der Waals surface area contributed by atoms with Gasteiger partial charge < -0.3 is 5.11 Å². The SMILES string of the molecule is CCC(C)(O)CCCCCCc1ccccc1. The van der Waals surface area contributed by atoms with E-state index in [4.69, 9.17) is 0 Å². The van der Waals surface area contributed by atoms with Gasteiger partial charge in [-0.3, -0.25) is 0 Å². The second-order valence-electron chi connectivity index (χ2n) is 5.25. The van der Waals surface area contributed by atoms with Crippen LogP contribution in [0.5, 0.6) is 0 Å². The van der Waals surface area contributed by atoms with Gasteiger partial charge in [0.05, 0.1) is 5.60 Å². The topological polar surface area (TPSA) is 20.2 Å². The maximum Gasteiger partial charge on any atom is 0.0617 e. The van der Waals surface area contributed by atoms with Crippen LogP contribution in [0.2, 0.25) is 0 Å². The summed E-state index contributed by atoms with van der Waals surface area (Å²) >= 11 is 0. The highest BCUT2D eigenvalue weighted by atomic mass is 16.3. The van der Waals surface area contributed by atoms with Crippen LogP contribution in [0.4, 0.5) is 0 Å². The fraction of sp³-hybridized carbons (Fsp3) is 0.625. The predicted octanol–water partition coefficient (Wildman–Crippen LogP) is 4.34. The van der Waals surface area contributed by atoms with Gasteiger partial charge in [0.25, 0.3) is 0 Å². The Morgan fingerprint density at radius 2 is 1.65 bits per heavy atom. The van der Waals surface area contributed by atoms with Gasteiger partial charge in [0.2, 0.25) is 0 Å². The lowest BCUT2D eigenvalue weighted by atomic mass is 9.95. The molecule has 0 amide bonds. The van der Waals surface area contributed by atoms with Gasteiger partial charge in [-0.05, 0) is 38.2 Å². The number of hydrogen-bond acceptors (Lipinski definition) is 1. The molecule has 0 aliphatic rings. The number of benzene rings is 1. The van der Waals surface area contributed by atoms with E-state index in [-0.39, 0.29) is 0 Å². The first-order valence-corrected chi connectivity index (χ1v) is 6.90. The Balaban J connectivity index is 2.02. The maximum absolute atomic E-state index is 9.86. The molecule has 0 aliphatic heterocycles. The molecule has 0 fully saturated rings. The second kappa shape index (κ2) is 7.50. The molecule has 17 heavy (non-hydrogen) atoms. The minimum absolute atomic E-state index is 0.445. The Kier molecular flexibility index (Phi) is 6.28. The smallest absolute Gasteiger partial charge is 0.0617 e. The van der Waals surface area contributed by atoms with Gasteiger partial charge in [0, 0.05) is 0 Å². The number of aliphatic hydroxyl groups is 1. The van der Waals surface area contributed by atoms with Crippen LogP contribution in [0.15, 0.2) is 30.3 Å². The zero-order chi connectivity index (χ0) is 12.6. The van der Waals surface area contributed by atoms with Crippen molar-refractivity contribution in [2.75, 3.05) is 0 Å². The van der Waals surface area contributed by atoms with Crippen molar-refractivity contribution in [1.82, 2.24) is 0 Å². The summed E-state index contributed by atoms with van der Waals surface area (Å²) in [6.07, 6.45) is 7.91. The molecule has 0 aliphatic carbocycles. The summed E-state index contributed by atoms with van der Waals surface area (Å²) in [4.78, 5) is 0. The molecule has 1 aromatic rings. The van der Waals surface area contributed by atoms with Gasteiger partial charge in [-0.25, -0.2) is 0 Å². The first-order valence-electron chi connectivity index (χ1n) is 6.90. The average Bonchev–Trinajstić information content (AvgIpc) is 2.35. The van der Waals surface area contributed by atoms with E-state index in [0.29, 0.717) is 0 Å². The summed E-state index contributed by atoms with van der Waals surface area (Å²) in [7, 11) is 0. The first-order chi connectivity index (χ1) is 8.14. The van der Waals surface area contributed by atoms with E-state index in [0.717, 1.165) is 19.3 Å². The van der Waals surface area contributed by atoms with E-state index in [1.54, 1.807) is 0 Å². The number of rotatable bonds is 8. The van der Waals surface area contributed by atoms with Crippen LogP contribution in [0.1, 0.15) is 57.9 Å². The van der Waals surface area contributed by atoms with Gasteiger partial charge in [0.1, 0.15) is 0 Å². The fourth-order valence-corrected chi connectivity index (χ4v) is 2.01. The van der Waals surface area contributed by atoms with Crippen molar-refractivity contribution in [3.8, 4) is 0 Å². The van der Waals surface area contributed by atoms with Crippen molar-refractivity contribution in [1.29, 1.82) is 0 Å². The summed E-state index contributed by atoms with van der Waals surface area (Å²) < 4.78 is 0. The highest BCUT2D eigenvalue weighted by Crippen LogP contribution is 2.18. The molecule has 96 valence electrons. The van der Waals surface area contributed by atoms with Crippen molar-refractivity contribution in [2.24, 2.45) is 0 Å². The third kappa shape index (κ3) is 6.48. The summed E-state index contributed by atoms with van der Waals surface area (Å²) in [6.45, 7) is 3.99. The average molecular weight is 234 g/mol. The second-order valence-corrected chi connectivity index (χ2v) is 5.25. The van der Waals surface area contributed by atoms with Gasteiger partial charge in [-0.15, -0.1) is 0 Å². The third-order valence-electron chi connectivity index (χ3n) is 3.54. The molecular weight excluding hydrogens is 208 g/mol. The lowest BCUT2D eigenvalue weighted by Gasteiger charge is -2.20. The monoisotopic (exact) mass is 234 g/mol. The van der Waals surface area contributed by atoms with Gasteiger partial charge in [0.15, 0.2) is 0 Å². The summed E-state index contributed by atoms with van der Waals surface area (Å²) in [5, 5.41) is 9.86. The van der Waals surface area contributed by atoms with Gasteiger partial charge in [-0.2, -0.15) is 0 Å². The highest BCUT2D eigenvalue weighted by molar-refractivity contribution is 5.14. The molecule has 0 saturated heterocycles. The van der Waals surface area contributed by atoms with Gasteiger partial charge in [-0.1, -0.05) is 56.5 Å². The molecule has 1 N–H and O–H groups in total. The van der Waals surface area contributed by atoms with Crippen molar-refractivity contribution in [2.45, 2.75) is 64.4 Å². The molecule has 0 radical (unpaired) electrons. The Morgan fingerprint density at radius 1 is 1.00 bits per heavy atom. The third-order valence-corrected chi connectivity index (χ3v) is 3.54. The normalized spacial score (nSPS) is 14.5. The first kappa shape index (κ1) is 14.2. The molecule has 1 atom stereocenters. The van der Waals surface area contributed by atoms with Crippen molar-refractivity contribution >= 4 is 0 Å². The van der Waals surface area contributed by atoms with Crippen LogP contribution >= 0.6 is 0 Å². The van der Waals surface area contributed by atoms with Crippen LogP contribution in [0, 0.1) is 0 Å². The van der Waals surface area contributed by atoms with E-state index in [9.17, 15) is 5.11 Å². The molecule has 1 nitrogen and oxygen atoms in total. The van der Waals surface area contributed by atoms with E-state index in [1.807, 2.05) is 6.92 Å². The van der Waals surface area contributed by atoms with Crippen LogP contribution in [-0.2, 0) is 6.42 Å². The fourth-order valence-electron chi connectivity index (χ4n) is 2.01. The molecule has 1 rings (SSSR count). The van der Waals surface area contributed by atoms with E-state index in [1.165, 1.54) is 31.2 Å². The van der Waals surface area contributed by atoms with Crippen LogP contribution < -0.4 is 0 Å². The van der Waals surface area contributed by atoms with Crippen molar-refractivity contribution < 1.29 is 5.11 Å². The predicted molar refractivity (Wildman–Crippen MR) is 74.1 cm³/mol. The molecule has 0 heterocycles. The quantitative estimate of drug-likeness (QED) is 0.663. The molecule has 0 spiro atoms. The molecule has 1 heteroatoms. The Labute approximate surface area is 106 Å². The number of hydrogen-bond donors (Lipinski definition) is 1.